The normalized spacial score (nSPS) is 21.9. The number of hydrogen-bond acceptors (Lipinski definition) is 4. The molecular weight excluding hydrogens is 406 g/mol. The molecule has 2 aromatic heterocycles. The first-order valence-electron chi connectivity index (χ1n) is 10.8. The fraction of sp³-hybridized carbons (Fsp3) is 0.333. The van der Waals surface area contributed by atoms with Gasteiger partial charge in [-0.25, -0.2) is 0 Å². The minimum absolute atomic E-state index is 0.00393. The Morgan fingerprint density at radius 3 is 2.55 bits per heavy atom. The van der Waals surface area contributed by atoms with Crippen molar-refractivity contribution in [2.24, 2.45) is 0 Å². The smallest absolute Gasteiger partial charge is 0.170 e. The van der Waals surface area contributed by atoms with Gasteiger partial charge in [0.25, 0.3) is 0 Å². The van der Waals surface area contributed by atoms with Gasteiger partial charge in [0.1, 0.15) is 0 Å². The van der Waals surface area contributed by atoms with Crippen LogP contribution >= 0.6 is 12.2 Å². The summed E-state index contributed by atoms with van der Waals surface area (Å²) in [7, 11) is 0. The number of hydrogen-bond donors (Lipinski definition) is 1. The molecule has 0 aliphatic carbocycles. The second-order valence-electron chi connectivity index (χ2n) is 7.91. The Bertz CT molecular complexity index is 1000. The van der Waals surface area contributed by atoms with Crippen LogP contribution in [0.3, 0.4) is 0 Å². The van der Waals surface area contributed by atoms with Gasteiger partial charge in [-0.15, -0.1) is 0 Å². The van der Waals surface area contributed by atoms with Crippen molar-refractivity contribution in [3.63, 3.8) is 0 Å². The Morgan fingerprint density at radius 1 is 0.968 bits per heavy atom. The number of para-hydroxylation sites is 1. The predicted molar refractivity (Wildman–Crippen MR) is 125 cm³/mol. The molecule has 2 fully saturated rings. The molecule has 2 aliphatic heterocycles. The van der Waals surface area contributed by atoms with E-state index in [-0.39, 0.29) is 12.1 Å². The maximum absolute atomic E-state index is 5.83. The number of rotatable bonds is 6. The highest BCUT2D eigenvalue weighted by atomic mass is 32.1. The molecular formula is C24H27N5OS. The lowest BCUT2D eigenvalue weighted by Crippen LogP contribution is -2.42. The average Bonchev–Trinajstić information content (AvgIpc) is 3.44. The number of nitrogens with one attached hydrogen (secondary N) is 1. The highest BCUT2D eigenvalue weighted by Gasteiger charge is 2.41. The monoisotopic (exact) mass is 433 g/mol. The van der Waals surface area contributed by atoms with Crippen LogP contribution in [0.1, 0.15) is 23.5 Å². The number of pyridine rings is 1. The summed E-state index contributed by atoms with van der Waals surface area (Å²) in [6, 6.07) is 20.9. The molecule has 1 N–H and O–H groups in total. The first kappa shape index (κ1) is 20.2. The number of ether oxygens (including phenoxy) is 1. The fourth-order valence-electron chi connectivity index (χ4n) is 4.50. The number of nitrogens with zero attached hydrogens (tertiary/aromatic N) is 4. The molecule has 3 aromatic rings. The van der Waals surface area contributed by atoms with Crippen molar-refractivity contribution in [1.82, 2.24) is 24.7 Å². The first-order chi connectivity index (χ1) is 15.3. The minimum atomic E-state index is -0.00393. The zero-order valence-electron chi connectivity index (χ0n) is 17.4. The van der Waals surface area contributed by atoms with Gasteiger partial charge < -0.3 is 19.5 Å². The van der Waals surface area contributed by atoms with E-state index in [2.05, 4.69) is 73.3 Å². The molecule has 6 nitrogen and oxygen atoms in total. The number of aromatic nitrogens is 2. The highest BCUT2D eigenvalue weighted by molar-refractivity contribution is 7.80. The van der Waals surface area contributed by atoms with Gasteiger partial charge in [-0.05, 0) is 48.6 Å². The average molecular weight is 434 g/mol. The summed E-state index contributed by atoms with van der Waals surface area (Å²) in [6.07, 6.45) is 3.98. The summed E-state index contributed by atoms with van der Waals surface area (Å²) in [5.41, 5.74) is 3.36. The molecule has 1 aromatic carbocycles. The van der Waals surface area contributed by atoms with E-state index >= 15 is 0 Å². The third-order valence-corrected chi connectivity index (χ3v) is 6.43. The molecule has 0 amide bonds. The molecule has 2 atom stereocenters. The van der Waals surface area contributed by atoms with Crippen molar-refractivity contribution >= 4 is 17.3 Å². The molecule has 4 heterocycles. The maximum Gasteiger partial charge on any atom is 0.170 e. The van der Waals surface area contributed by atoms with Crippen LogP contribution in [0.15, 0.2) is 73.1 Å². The second-order valence-corrected chi connectivity index (χ2v) is 8.30. The van der Waals surface area contributed by atoms with Crippen molar-refractivity contribution in [3.05, 3.63) is 84.4 Å². The Hall–Kier alpha value is -2.74. The third-order valence-electron chi connectivity index (χ3n) is 6.08. The van der Waals surface area contributed by atoms with Crippen molar-refractivity contribution < 1.29 is 4.74 Å². The lowest BCUT2D eigenvalue weighted by Gasteiger charge is -2.32. The molecule has 7 heteroatoms. The standard InChI is InChI=1S/C24H27N5OS/c31-24-26-22(20-9-4-5-11-25-20)23(29(24)14-13-27-15-17-30-18-16-27)21-10-6-12-28(21)19-7-2-1-3-8-19/h1-12,22-23H,13-18H2,(H,26,31)/t22-,23-/m1/s1. The summed E-state index contributed by atoms with van der Waals surface area (Å²) in [5.74, 6) is 0. The topological polar surface area (TPSA) is 45.6 Å². The predicted octanol–water partition coefficient (Wildman–Crippen LogP) is 3.18. The Balaban J connectivity index is 1.49. The van der Waals surface area contributed by atoms with Crippen LogP contribution in [-0.4, -0.2) is 63.9 Å². The van der Waals surface area contributed by atoms with E-state index in [1.165, 1.54) is 5.69 Å². The van der Waals surface area contributed by atoms with Gasteiger partial charge in [-0.2, -0.15) is 0 Å². The Labute approximate surface area is 188 Å². The fourth-order valence-corrected chi connectivity index (χ4v) is 4.83. The molecule has 2 aliphatic rings. The number of morpholine rings is 1. The molecule has 31 heavy (non-hydrogen) atoms. The molecule has 0 spiro atoms. The summed E-state index contributed by atoms with van der Waals surface area (Å²) in [5, 5.41) is 4.35. The van der Waals surface area contributed by atoms with E-state index in [0.717, 1.165) is 55.9 Å². The van der Waals surface area contributed by atoms with E-state index in [1.807, 2.05) is 24.4 Å². The van der Waals surface area contributed by atoms with E-state index in [0.29, 0.717) is 0 Å². The van der Waals surface area contributed by atoms with Crippen LogP contribution in [-0.2, 0) is 4.74 Å². The van der Waals surface area contributed by atoms with Gasteiger partial charge in [0.15, 0.2) is 5.11 Å². The van der Waals surface area contributed by atoms with Gasteiger partial charge in [0, 0.05) is 50.0 Å². The van der Waals surface area contributed by atoms with Crippen LogP contribution < -0.4 is 5.32 Å². The van der Waals surface area contributed by atoms with E-state index < -0.39 is 0 Å². The van der Waals surface area contributed by atoms with Gasteiger partial charge in [-0.1, -0.05) is 24.3 Å². The van der Waals surface area contributed by atoms with Gasteiger partial charge in [0.2, 0.25) is 0 Å². The van der Waals surface area contributed by atoms with Crippen LogP contribution in [0.5, 0.6) is 0 Å². The van der Waals surface area contributed by atoms with Crippen molar-refractivity contribution in [1.29, 1.82) is 0 Å². The van der Waals surface area contributed by atoms with Gasteiger partial charge >= 0.3 is 0 Å². The quantitative estimate of drug-likeness (QED) is 0.603. The van der Waals surface area contributed by atoms with Crippen LogP contribution in [0, 0.1) is 0 Å². The van der Waals surface area contributed by atoms with Crippen LogP contribution in [0.4, 0.5) is 0 Å². The van der Waals surface area contributed by atoms with Crippen LogP contribution in [0.2, 0.25) is 0 Å². The summed E-state index contributed by atoms with van der Waals surface area (Å²) in [6.45, 7) is 5.38. The summed E-state index contributed by atoms with van der Waals surface area (Å²) < 4.78 is 7.77. The minimum Gasteiger partial charge on any atom is -0.379 e. The zero-order chi connectivity index (χ0) is 21.0. The van der Waals surface area contributed by atoms with E-state index in [1.54, 1.807) is 0 Å². The highest BCUT2D eigenvalue weighted by Crippen LogP contribution is 2.39. The molecule has 0 unspecified atom stereocenters. The van der Waals surface area contributed by atoms with Crippen molar-refractivity contribution in [3.8, 4) is 5.69 Å². The first-order valence-corrected chi connectivity index (χ1v) is 11.2. The lowest BCUT2D eigenvalue weighted by atomic mass is 10.0. The SMILES string of the molecule is S=C1N[C@H](c2ccccn2)[C@@H](c2cccn2-c2ccccc2)N1CCN1CCOCC1. The molecule has 160 valence electrons. The molecule has 0 bridgehead atoms. The Morgan fingerprint density at radius 2 is 1.77 bits per heavy atom. The van der Waals surface area contributed by atoms with Crippen molar-refractivity contribution in [2.75, 3.05) is 39.4 Å². The van der Waals surface area contributed by atoms with Crippen molar-refractivity contribution in [2.45, 2.75) is 12.1 Å². The van der Waals surface area contributed by atoms with Gasteiger partial charge in [0.05, 0.1) is 31.0 Å². The molecule has 0 radical (unpaired) electrons. The third kappa shape index (κ3) is 4.21. The number of benzene rings is 1. The number of thiocarbonyl (C=S) groups is 1. The lowest BCUT2D eigenvalue weighted by molar-refractivity contribution is 0.0349. The molecule has 2 saturated heterocycles. The van der Waals surface area contributed by atoms with Gasteiger partial charge in [-0.3, -0.25) is 9.88 Å². The molecule has 0 saturated carbocycles. The summed E-state index contributed by atoms with van der Waals surface area (Å²) in [4.78, 5) is 9.44. The van der Waals surface area contributed by atoms with Crippen LogP contribution in [0.25, 0.3) is 5.69 Å². The second kappa shape index (κ2) is 9.18. The zero-order valence-corrected chi connectivity index (χ0v) is 18.2. The van der Waals surface area contributed by atoms with E-state index in [9.17, 15) is 0 Å². The van der Waals surface area contributed by atoms with E-state index in [4.69, 9.17) is 17.0 Å². The summed E-state index contributed by atoms with van der Waals surface area (Å²) >= 11 is 5.83. The largest absolute Gasteiger partial charge is 0.379 e. The maximum atomic E-state index is 5.83. The molecule has 5 rings (SSSR count). The Kier molecular flexibility index (Phi) is 5.97.